The molecule has 2 rings (SSSR count). The van der Waals surface area contributed by atoms with E-state index < -0.39 is 11.9 Å². The van der Waals surface area contributed by atoms with Crippen molar-refractivity contribution in [1.82, 2.24) is 4.90 Å². The highest BCUT2D eigenvalue weighted by molar-refractivity contribution is 5.85. The molecule has 2 aliphatic carbocycles. The summed E-state index contributed by atoms with van der Waals surface area (Å²) in [7, 11) is 1.87. The number of carboxylic acids is 1. The quantitative estimate of drug-likeness (QED) is 0.800. The van der Waals surface area contributed by atoms with Crippen LogP contribution in [0.2, 0.25) is 0 Å². The maximum absolute atomic E-state index is 12.5. The summed E-state index contributed by atoms with van der Waals surface area (Å²) in [6.07, 6.45) is 9.33. The van der Waals surface area contributed by atoms with E-state index in [1.807, 2.05) is 11.9 Å². The lowest BCUT2D eigenvalue weighted by Gasteiger charge is -2.30. The second kappa shape index (κ2) is 6.40. The van der Waals surface area contributed by atoms with Crippen molar-refractivity contribution in [1.29, 1.82) is 0 Å². The zero-order valence-corrected chi connectivity index (χ0v) is 11.8. The van der Waals surface area contributed by atoms with Crippen LogP contribution in [0.1, 0.15) is 57.8 Å². The average molecular weight is 267 g/mol. The minimum Gasteiger partial charge on any atom is -0.481 e. The monoisotopic (exact) mass is 267 g/mol. The molecule has 2 atom stereocenters. The lowest BCUT2D eigenvalue weighted by molar-refractivity contribution is -0.149. The second-order valence-corrected chi connectivity index (χ2v) is 6.08. The first-order valence-electron chi connectivity index (χ1n) is 7.60. The predicted molar refractivity (Wildman–Crippen MR) is 72.7 cm³/mol. The van der Waals surface area contributed by atoms with E-state index in [1.165, 1.54) is 25.7 Å². The molecule has 108 valence electrons. The van der Waals surface area contributed by atoms with Gasteiger partial charge in [0.25, 0.3) is 0 Å². The Bertz CT molecular complexity index is 334. The molecule has 4 heteroatoms. The number of aliphatic carboxylic acids is 1. The highest BCUT2D eigenvalue weighted by Crippen LogP contribution is 2.34. The SMILES string of the molecule is CN(C(=O)C1CCCC1C(=O)O)C1CCCCCC1. The Morgan fingerprint density at radius 2 is 1.47 bits per heavy atom. The predicted octanol–water partition coefficient (Wildman–Crippen LogP) is 2.67. The lowest BCUT2D eigenvalue weighted by Crippen LogP contribution is -2.42. The van der Waals surface area contributed by atoms with E-state index in [1.54, 1.807) is 0 Å². The van der Waals surface area contributed by atoms with E-state index in [-0.39, 0.29) is 11.8 Å². The van der Waals surface area contributed by atoms with Crippen LogP contribution in [0, 0.1) is 11.8 Å². The molecule has 1 amide bonds. The highest BCUT2D eigenvalue weighted by atomic mass is 16.4. The molecule has 0 aromatic rings. The van der Waals surface area contributed by atoms with Crippen molar-refractivity contribution < 1.29 is 14.7 Å². The number of amides is 1. The Labute approximate surface area is 115 Å². The van der Waals surface area contributed by atoms with Gasteiger partial charge in [0.15, 0.2) is 0 Å². The molecule has 2 aliphatic rings. The van der Waals surface area contributed by atoms with Crippen molar-refractivity contribution in [2.75, 3.05) is 7.05 Å². The molecule has 0 spiro atoms. The molecule has 0 aliphatic heterocycles. The van der Waals surface area contributed by atoms with E-state index in [4.69, 9.17) is 0 Å². The second-order valence-electron chi connectivity index (χ2n) is 6.08. The van der Waals surface area contributed by atoms with Crippen LogP contribution in [0.5, 0.6) is 0 Å². The summed E-state index contributed by atoms with van der Waals surface area (Å²) in [4.78, 5) is 25.6. The van der Waals surface area contributed by atoms with Gasteiger partial charge in [-0.25, -0.2) is 0 Å². The zero-order chi connectivity index (χ0) is 13.8. The Balaban J connectivity index is 1.99. The van der Waals surface area contributed by atoms with Crippen molar-refractivity contribution in [2.45, 2.75) is 63.8 Å². The zero-order valence-electron chi connectivity index (χ0n) is 11.8. The van der Waals surface area contributed by atoms with Crippen LogP contribution in [0.3, 0.4) is 0 Å². The van der Waals surface area contributed by atoms with Gasteiger partial charge in [0.05, 0.1) is 11.8 Å². The highest BCUT2D eigenvalue weighted by Gasteiger charge is 2.40. The Morgan fingerprint density at radius 3 is 2.05 bits per heavy atom. The molecular formula is C15H25NO3. The van der Waals surface area contributed by atoms with Gasteiger partial charge in [-0.3, -0.25) is 9.59 Å². The van der Waals surface area contributed by atoms with Crippen LogP contribution in [-0.4, -0.2) is 35.0 Å². The summed E-state index contributed by atoms with van der Waals surface area (Å²) >= 11 is 0. The lowest BCUT2D eigenvalue weighted by atomic mass is 9.93. The standard InChI is InChI=1S/C15H25NO3/c1-16(11-7-4-2-3-5-8-11)14(17)12-9-6-10-13(12)15(18)19/h11-13H,2-10H2,1H3,(H,18,19). The molecular weight excluding hydrogens is 242 g/mol. The van der Waals surface area contributed by atoms with Crippen LogP contribution in [0.4, 0.5) is 0 Å². The molecule has 0 bridgehead atoms. The van der Waals surface area contributed by atoms with Crippen LogP contribution in [0.15, 0.2) is 0 Å². The van der Waals surface area contributed by atoms with E-state index in [0.29, 0.717) is 12.5 Å². The first-order chi connectivity index (χ1) is 9.11. The number of rotatable bonds is 3. The summed E-state index contributed by atoms with van der Waals surface area (Å²) in [5.41, 5.74) is 0. The summed E-state index contributed by atoms with van der Waals surface area (Å²) in [6, 6.07) is 0.324. The van der Waals surface area contributed by atoms with Crippen molar-refractivity contribution >= 4 is 11.9 Å². The van der Waals surface area contributed by atoms with Gasteiger partial charge in [-0.05, 0) is 25.7 Å². The fraction of sp³-hybridized carbons (Fsp3) is 0.867. The number of carbonyl (C=O) groups excluding carboxylic acids is 1. The summed E-state index contributed by atoms with van der Waals surface area (Å²) in [5, 5.41) is 9.20. The topological polar surface area (TPSA) is 57.6 Å². The fourth-order valence-electron chi connectivity index (χ4n) is 3.64. The van der Waals surface area contributed by atoms with Crippen molar-refractivity contribution in [3.05, 3.63) is 0 Å². The van der Waals surface area contributed by atoms with E-state index in [0.717, 1.165) is 25.7 Å². The molecule has 2 fully saturated rings. The molecule has 0 saturated heterocycles. The fourth-order valence-corrected chi connectivity index (χ4v) is 3.64. The van der Waals surface area contributed by atoms with Gasteiger partial charge in [-0.2, -0.15) is 0 Å². The normalized spacial score (nSPS) is 28.9. The average Bonchev–Trinajstić information content (AvgIpc) is 2.73. The first-order valence-corrected chi connectivity index (χ1v) is 7.60. The number of hydrogen-bond donors (Lipinski definition) is 1. The molecule has 0 heterocycles. The van der Waals surface area contributed by atoms with Crippen molar-refractivity contribution in [3.63, 3.8) is 0 Å². The van der Waals surface area contributed by atoms with E-state index in [9.17, 15) is 14.7 Å². The summed E-state index contributed by atoms with van der Waals surface area (Å²) < 4.78 is 0. The molecule has 19 heavy (non-hydrogen) atoms. The van der Waals surface area contributed by atoms with Crippen LogP contribution in [-0.2, 0) is 9.59 Å². The van der Waals surface area contributed by atoms with Crippen molar-refractivity contribution in [3.8, 4) is 0 Å². The Kier molecular flexibility index (Phi) is 4.83. The van der Waals surface area contributed by atoms with E-state index in [2.05, 4.69) is 0 Å². The summed E-state index contributed by atoms with van der Waals surface area (Å²) in [5.74, 6) is -1.48. The number of hydrogen-bond acceptors (Lipinski definition) is 2. The van der Waals surface area contributed by atoms with Crippen molar-refractivity contribution in [2.24, 2.45) is 11.8 Å². The third-order valence-corrected chi connectivity index (χ3v) is 4.87. The Morgan fingerprint density at radius 1 is 0.895 bits per heavy atom. The molecule has 1 N–H and O–H groups in total. The molecule has 2 unspecified atom stereocenters. The van der Waals surface area contributed by atoms with Gasteiger partial charge in [-0.15, -0.1) is 0 Å². The smallest absolute Gasteiger partial charge is 0.307 e. The third kappa shape index (κ3) is 3.28. The van der Waals surface area contributed by atoms with Gasteiger partial charge >= 0.3 is 5.97 Å². The number of carboxylic acid groups (broad SMARTS) is 1. The van der Waals surface area contributed by atoms with Crippen LogP contribution in [0.25, 0.3) is 0 Å². The third-order valence-electron chi connectivity index (χ3n) is 4.87. The van der Waals surface area contributed by atoms with Gasteiger partial charge in [0, 0.05) is 13.1 Å². The van der Waals surface area contributed by atoms with Gasteiger partial charge in [0.2, 0.25) is 5.91 Å². The van der Waals surface area contributed by atoms with E-state index >= 15 is 0 Å². The van der Waals surface area contributed by atoms with Gasteiger partial charge in [-0.1, -0.05) is 32.1 Å². The maximum atomic E-state index is 12.5. The molecule has 0 aromatic heterocycles. The van der Waals surface area contributed by atoms with Gasteiger partial charge in [0.1, 0.15) is 0 Å². The minimum atomic E-state index is -0.801. The molecule has 0 aromatic carbocycles. The van der Waals surface area contributed by atoms with Crippen LogP contribution >= 0.6 is 0 Å². The van der Waals surface area contributed by atoms with Gasteiger partial charge < -0.3 is 10.0 Å². The maximum Gasteiger partial charge on any atom is 0.307 e. The number of nitrogens with zero attached hydrogens (tertiary/aromatic N) is 1. The first kappa shape index (κ1) is 14.4. The number of carbonyl (C=O) groups is 2. The molecule has 0 radical (unpaired) electrons. The molecule has 2 saturated carbocycles. The largest absolute Gasteiger partial charge is 0.481 e. The van der Waals surface area contributed by atoms with Crippen LogP contribution < -0.4 is 0 Å². The minimum absolute atomic E-state index is 0.0665. The summed E-state index contributed by atoms with van der Waals surface area (Å²) in [6.45, 7) is 0. The molecule has 4 nitrogen and oxygen atoms in total. The Hall–Kier alpha value is -1.06.